The van der Waals surface area contributed by atoms with Crippen LogP contribution in [0.4, 0.5) is 0 Å². The fourth-order valence-electron chi connectivity index (χ4n) is 3.06. The van der Waals surface area contributed by atoms with Crippen molar-refractivity contribution in [3.63, 3.8) is 0 Å². The van der Waals surface area contributed by atoms with Crippen molar-refractivity contribution in [2.45, 2.75) is 18.0 Å². The fourth-order valence-corrected chi connectivity index (χ4v) is 4.05. The zero-order chi connectivity index (χ0) is 23.3. The van der Waals surface area contributed by atoms with Crippen LogP contribution in [0, 0.1) is 0 Å². The van der Waals surface area contributed by atoms with E-state index in [2.05, 4.69) is 15.1 Å². The van der Waals surface area contributed by atoms with Gasteiger partial charge in [-0.25, -0.2) is 17.8 Å². The number of hydrogen-bond acceptors (Lipinski definition) is 6. The average molecular weight is 467 g/mol. The van der Waals surface area contributed by atoms with E-state index in [-0.39, 0.29) is 23.9 Å². The van der Waals surface area contributed by atoms with Crippen LogP contribution in [0.25, 0.3) is 5.69 Å². The molecule has 2 heterocycles. The number of rotatable bonds is 9. The number of aromatic nitrogens is 2. The molecule has 0 saturated carbocycles. The lowest BCUT2D eigenvalue weighted by Gasteiger charge is -2.07. The van der Waals surface area contributed by atoms with E-state index in [1.165, 1.54) is 30.5 Å². The smallest absolute Gasteiger partial charge is 0.251 e. The Morgan fingerprint density at radius 1 is 1.03 bits per heavy atom. The average Bonchev–Trinajstić information content (AvgIpc) is 3.54. The maximum absolute atomic E-state index is 12.5. The van der Waals surface area contributed by atoms with Crippen molar-refractivity contribution in [2.75, 3.05) is 7.11 Å². The van der Waals surface area contributed by atoms with Crippen LogP contribution in [-0.2, 0) is 23.1 Å². The second-order valence-corrected chi connectivity index (χ2v) is 8.83. The lowest BCUT2D eigenvalue weighted by molar-refractivity contribution is 0.0950. The van der Waals surface area contributed by atoms with Crippen molar-refractivity contribution in [1.29, 1.82) is 0 Å². The summed E-state index contributed by atoms with van der Waals surface area (Å²) in [6.07, 6.45) is 3.28. The summed E-state index contributed by atoms with van der Waals surface area (Å²) in [5, 5.41) is 7.24. The van der Waals surface area contributed by atoms with Crippen LogP contribution in [0.3, 0.4) is 0 Å². The number of ether oxygens (including phenoxy) is 1. The van der Waals surface area contributed by atoms with E-state index in [4.69, 9.17) is 9.15 Å². The summed E-state index contributed by atoms with van der Waals surface area (Å²) in [5.74, 6) is 0.927. The summed E-state index contributed by atoms with van der Waals surface area (Å²) in [6, 6.07) is 18.3. The molecule has 0 bridgehead atoms. The van der Waals surface area contributed by atoms with Gasteiger partial charge in [-0.05, 0) is 66.7 Å². The third-order valence-electron chi connectivity index (χ3n) is 4.85. The summed E-state index contributed by atoms with van der Waals surface area (Å²) in [7, 11) is -2.12. The minimum Gasteiger partial charge on any atom is -0.497 e. The Labute approximate surface area is 191 Å². The van der Waals surface area contributed by atoms with Gasteiger partial charge in [-0.1, -0.05) is 0 Å². The minimum absolute atomic E-state index is 0.0424. The minimum atomic E-state index is -3.72. The Kier molecular flexibility index (Phi) is 6.57. The summed E-state index contributed by atoms with van der Waals surface area (Å²) < 4.78 is 39.2. The van der Waals surface area contributed by atoms with Gasteiger partial charge in [0.25, 0.3) is 5.91 Å². The summed E-state index contributed by atoms with van der Waals surface area (Å²) >= 11 is 0. The third kappa shape index (κ3) is 5.48. The molecule has 0 aliphatic rings. The summed E-state index contributed by atoms with van der Waals surface area (Å²) in [5.41, 5.74) is 1.89. The van der Waals surface area contributed by atoms with Gasteiger partial charge >= 0.3 is 0 Å². The molecule has 4 rings (SSSR count). The maximum Gasteiger partial charge on any atom is 0.251 e. The van der Waals surface area contributed by atoms with E-state index in [1.54, 1.807) is 30.1 Å². The number of sulfonamides is 1. The summed E-state index contributed by atoms with van der Waals surface area (Å²) in [6.45, 7) is 0.271. The first-order chi connectivity index (χ1) is 15.9. The van der Waals surface area contributed by atoms with Gasteiger partial charge < -0.3 is 14.5 Å². The molecule has 0 spiro atoms. The molecule has 170 valence electrons. The Bertz CT molecular complexity index is 1310. The van der Waals surface area contributed by atoms with Crippen molar-refractivity contribution in [3.05, 3.63) is 96.2 Å². The molecule has 0 radical (unpaired) electrons. The van der Waals surface area contributed by atoms with Gasteiger partial charge in [0, 0.05) is 11.8 Å². The number of nitrogens with one attached hydrogen (secondary N) is 2. The second-order valence-electron chi connectivity index (χ2n) is 7.06. The predicted octanol–water partition coefficient (Wildman–Crippen LogP) is 2.88. The van der Waals surface area contributed by atoms with Gasteiger partial charge in [0.2, 0.25) is 10.0 Å². The Hall–Kier alpha value is -3.89. The molecule has 0 aliphatic carbocycles. The van der Waals surface area contributed by atoms with Gasteiger partial charge in [-0.3, -0.25) is 4.79 Å². The SMILES string of the molecule is COc1ccc(-n2ccc(CNC(=O)c3ccc(S(=O)(=O)NCc4ccco4)cc3)n2)cc1. The van der Waals surface area contributed by atoms with Crippen LogP contribution in [0.2, 0.25) is 0 Å². The van der Waals surface area contributed by atoms with Crippen molar-refractivity contribution in [1.82, 2.24) is 19.8 Å². The Morgan fingerprint density at radius 2 is 1.79 bits per heavy atom. The van der Waals surface area contributed by atoms with Gasteiger partial charge in [-0.2, -0.15) is 5.10 Å². The van der Waals surface area contributed by atoms with Crippen LogP contribution < -0.4 is 14.8 Å². The highest BCUT2D eigenvalue weighted by molar-refractivity contribution is 7.89. The first kappa shape index (κ1) is 22.3. The lowest BCUT2D eigenvalue weighted by atomic mass is 10.2. The molecule has 0 fully saturated rings. The molecule has 0 aliphatic heterocycles. The number of carbonyl (C=O) groups excluding carboxylic acids is 1. The number of carbonyl (C=O) groups is 1. The van der Waals surface area contributed by atoms with E-state index in [1.807, 2.05) is 30.3 Å². The van der Waals surface area contributed by atoms with E-state index < -0.39 is 10.0 Å². The molecule has 33 heavy (non-hydrogen) atoms. The molecule has 4 aromatic rings. The van der Waals surface area contributed by atoms with E-state index in [0.717, 1.165) is 11.4 Å². The highest BCUT2D eigenvalue weighted by Crippen LogP contribution is 2.15. The van der Waals surface area contributed by atoms with E-state index in [0.29, 0.717) is 17.0 Å². The lowest BCUT2D eigenvalue weighted by Crippen LogP contribution is -2.24. The number of hydrogen-bond donors (Lipinski definition) is 2. The van der Waals surface area contributed by atoms with Gasteiger partial charge in [0.05, 0.1) is 42.7 Å². The molecule has 2 N–H and O–H groups in total. The first-order valence-electron chi connectivity index (χ1n) is 10.0. The molecule has 9 nitrogen and oxygen atoms in total. The molecule has 0 atom stereocenters. The highest BCUT2D eigenvalue weighted by atomic mass is 32.2. The van der Waals surface area contributed by atoms with E-state index >= 15 is 0 Å². The maximum atomic E-state index is 12.5. The molecular weight excluding hydrogens is 444 g/mol. The van der Waals surface area contributed by atoms with Crippen molar-refractivity contribution < 1.29 is 22.4 Å². The molecular formula is C23H22N4O5S. The molecule has 10 heteroatoms. The van der Waals surface area contributed by atoms with Crippen molar-refractivity contribution in [2.24, 2.45) is 0 Å². The van der Waals surface area contributed by atoms with Crippen LogP contribution in [0.5, 0.6) is 5.75 Å². The predicted molar refractivity (Wildman–Crippen MR) is 120 cm³/mol. The van der Waals surface area contributed by atoms with Crippen molar-refractivity contribution >= 4 is 15.9 Å². The Morgan fingerprint density at radius 3 is 2.45 bits per heavy atom. The number of methoxy groups -OCH3 is 1. The second kappa shape index (κ2) is 9.72. The largest absolute Gasteiger partial charge is 0.497 e. The zero-order valence-electron chi connectivity index (χ0n) is 17.8. The molecule has 0 unspecified atom stereocenters. The molecule has 0 saturated heterocycles. The molecule has 2 aromatic heterocycles. The normalized spacial score (nSPS) is 11.3. The zero-order valence-corrected chi connectivity index (χ0v) is 18.6. The topological polar surface area (TPSA) is 115 Å². The quantitative estimate of drug-likeness (QED) is 0.392. The summed E-state index contributed by atoms with van der Waals surface area (Å²) in [4.78, 5) is 12.5. The standard InChI is InChI=1S/C23H22N4O5S/c1-31-20-8-6-19(7-9-20)27-13-12-18(26-27)15-24-23(28)17-4-10-22(11-5-17)33(29,30)25-16-21-3-2-14-32-21/h2-14,25H,15-16H2,1H3,(H,24,28). The van der Waals surface area contributed by atoms with Gasteiger partial charge in [0.15, 0.2) is 0 Å². The third-order valence-corrected chi connectivity index (χ3v) is 6.27. The molecule has 2 aromatic carbocycles. The van der Waals surface area contributed by atoms with Crippen LogP contribution >= 0.6 is 0 Å². The van der Waals surface area contributed by atoms with Crippen molar-refractivity contribution in [3.8, 4) is 11.4 Å². The molecule has 1 amide bonds. The monoisotopic (exact) mass is 466 g/mol. The fraction of sp³-hybridized carbons (Fsp3) is 0.130. The highest BCUT2D eigenvalue weighted by Gasteiger charge is 2.15. The van der Waals surface area contributed by atoms with Crippen LogP contribution in [-0.4, -0.2) is 31.2 Å². The number of benzene rings is 2. The van der Waals surface area contributed by atoms with Crippen LogP contribution in [0.15, 0.2) is 88.5 Å². The van der Waals surface area contributed by atoms with Gasteiger partial charge in [-0.15, -0.1) is 0 Å². The van der Waals surface area contributed by atoms with E-state index in [9.17, 15) is 13.2 Å². The number of nitrogens with zero attached hydrogens (tertiary/aromatic N) is 2. The number of amides is 1. The van der Waals surface area contributed by atoms with Gasteiger partial charge in [0.1, 0.15) is 11.5 Å². The first-order valence-corrected chi connectivity index (χ1v) is 11.5. The number of furan rings is 1. The Balaban J connectivity index is 1.33. The van der Waals surface area contributed by atoms with Crippen LogP contribution in [0.1, 0.15) is 21.8 Å².